The van der Waals surface area contributed by atoms with Crippen LogP contribution < -0.4 is 11.1 Å². The molecular formula is C16H17FN2O. The summed E-state index contributed by atoms with van der Waals surface area (Å²) in [7, 11) is 0. The first-order chi connectivity index (χ1) is 9.49. The van der Waals surface area contributed by atoms with E-state index in [1.165, 1.54) is 12.1 Å². The van der Waals surface area contributed by atoms with Crippen LogP contribution in [-0.2, 0) is 6.54 Å². The van der Waals surface area contributed by atoms with Gasteiger partial charge in [0.25, 0.3) is 5.91 Å². The van der Waals surface area contributed by atoms with E-state index >= 15 is 0 Å². The van der Waals surface area contributed by atoms with E-state index in [4.69, 9.17) is 5.73 Å². The predicted octanol–water partition coefficient (Wildman–Crippen LogP) is 3.15. The van der Waals surface area contributed by atoms with Gasteiger partial charge in [-0.1, -0.05) is 17.2 Å². The highest BCUT2D eigenvalue weighted by atomic mass is 19.1. The van der Waals surface area contributed by atoms with Gasteiger partial charge in [-0.2, -0.15) is 0 Å². The summed E-state index contributed by atoms with van der Waals surface area (Å²) in [6, 6.07) is 10.0. The quantitative estimate of drug-likeness (QED) is 0.901. The smallest absolute Gasteiger partial charge is 0.255 e. The Morgan fingerprint density at radius 3 is 2.40 bits per heavy atom. The van der Waals surface area contributed by atoms with Crippen molar-refractivity contribution in [2.75, 3.05) is 5.32 Å². The number of aryl methyl sites for hydroxylation is 2. The topological polar surface area (TPSA) is 55.1 Å². The minimum absolute atomic E-state index is 0.0963. The lowest BCUT2D eigenvalue weighted by Gasteiger charge is -2.09. The molecule has 0 spiro atoms. The lowest BCUT2D eigenvalue weighted by molar-refractivity contribution is 0.102. The van der Waals surface area contributed by atoms with Gasteiger partial charge in [0.15, 0.2) is 0 Å². The molecule has 2 rings (SSSR count). The monoisotopic (exact) mass is 272 g/mol. The molecule has 0 aromatic heterocycles. The second-order valence-electron chi connectivity index (χ2n) is 4.84. The van der Waals surface area contributed by atoms with Crippen LogP contribution in [0.2, 0.25) is 0 Å². The van der Waals surface area contributed by atoms with Crippen LogP contribution in [0.1, 0.15) is 27.0 Å². The number of rotatable bonds is 3. The summed E-state index contributed by atoms with van der Waals surface area (Å²) in [6.07, 6.45) is 0. The average molecular weight is 272 g/mol. The van der Waals surface area contributed by atoms with Crippen LogP contribution in [0.3, 0.4) is 0 Å². The molecule has 20 heavy (non-hydrogen) atoms. The molecular weight excluding hydrogens is 255 g/mol. The van der Waals surface area contributed by atoms with E-state index in [1.54, 1.807) is 6.07 Å². The number of hydrogen-bond acceptors (Lipinski definition) is 2. The van der Waals surface area contributed by atoms with E-state index in [0.717, 1.165) is 11.1 Å². The molecule has 104 valence electrons. The minimum atomic E-state index is -0.364. The SMILES string of the molecule is Cc1cc(C)cc(C(=O)Nc2ccc(F)c(CN)c2)c1. The molecule has 0 aliphatic carbocycles. The standard InChI is InChI=1S/C16H17FN2O/c1-10-5-11(2)7-12(6-10)16(20)19-14-3-4-15(17)13(8-14)9-18/h3-8H,9,18H2,1-2H3,(H,19,20). The normalized spacial score (nSPS) is 10.4. The molecule has 0 saturated heterocycles. The average Bonchev–Trinajstić information content (AvgIpc) is 2.39. The molecule has 0 aliphatic rings. The maximum atomic E-state index is 13.3. The van der Waals surface area contributed by atoms with Gasteiger partial charge in [-0.15, -0.1) is 0 Å². The molecule has 0 atom stereocenters. The Morgan fingerprint density at radius 2 is 1.80 bits per heavy atom. The third kappa shape index (κ3) is 3.22. The zero-order valence-corrected chi connectivity index (χ0v) is 11.5. The molecule has 2 aromatic carbocycles. The Kier molecular flexibility index (Phi) is 4.15. The van der Waals surface area contributed by atoms with Crippen molar-refractivity contribution in [2.24, 2.45) is 5.73 Å². The largest absolute Gasteiger partial charge is 0.326 e. The van der Waals surface area contributed by atoms with Crippen LogP contribution in [0.25, 0.3) is 0 Å². The summed E-state index contributed by atoms with van der Waals surface area (Å²) in [5, 5.41) is 2.75. The van der Waals surface area contributed by atoms with Gasteiger partial charge in [0, 0.05) is 23.4 Å². The van der Waals surface area contributed by atoms with Crippen molar-refractivity contribution in [3.8, 4) is 0 Å². The third-order valence-electron chi connectivity index (χ3n) is 3.01. The van der Waals surface area contributed by atoms with E-state index in [2.05, 4.69) is 5.32 Å². The second kappa shape index (κ2) is 5.84. The van der Waals surface area contributed by atoms with Crippen molar-refractivity contribution in [2.45, 2.75) is 20.4 Å². The van der Waals surface area contributed by atoms with E-state index in [9.17, 15) is 9.18 Å². The summed E-state index contributed by atoms with van der Waals surface area (Å²) < 4.78 is 13.3. The lowest BCUT2D eigenvalue weighted by Crippen LogP contribution is -2.13. The number of benzene rings is 2. The van der Waals surface area contributed by atoms with Crippen molar-refractivity contribution < 1.29 is 9.18 Å². The molecule has 0 bridgehead atoms. The van der Waals surface area contributed by atoms with Crippen molar-refractivity contribution in [1.82, 2.24) is 0 Å². The molecule has 1 amide bonds. The van der Waals surface area contributed by atoms with Crippen LogP contribution in [0.4, 0.5) is 10.1 Å². The minimum Gasteiger partial charge on any atom is -0.326 e. The lowest BCUT2D eigenvalue weighted by atomic mass is 10.1. The highest BCUT2D eigenvalue weighted by Crippen LogP contribution is 2.16. The Labute approximate surface area is 117 Å². The van der Waals surface area contributed by atoms with Gasteiger partial charge in [0.2, 0.25) is 0 Å². The van der Waals surface area contributed by atoms with Crippen LogP contribution in [0.5, 0.6) is 0 Å². The molecule has 0 unspecified atom stereocenters. The molecule has 2 aromatic rings. The van der Waals surface area contributed by atoms with Crippen LogP contribution >= 0.6 is 0 Å². The van der Waals surface area contributed by atoms with Crippen molar-refractivity contribution >= 4 is 11.6 Å². The fourth-order valence-electron chi connectivity index (χ4n) is 2.12. The zero-order valence-electron chi connectivity index (χ0n) is 11.5. The molecule has 4 heteroatoms. The van der Waals surface area contributed by atoms with Gasteiger partial charge < -0.3 is 11.1 Å². The maximum Gasteiger partial charge on any atom is 0.255 e. The van der Waals surface area contributed by atoms with E-state index in [0.29, 0.717) is 16.8 Å². The fourth-order valence-corrected chi connectivity index (χ4v) is 2.12. The first kappa shape index (κ1) is 14.2. The summed E-state index contributed by atoms with van der Waals surface area (Å²) >= 11 is 0. The van der Waals surface area contributed by atoms with Crippen molar-refractivity contribution in [3.63, 3.8) is 0 Å². The first-order valence-electron chi connectivity index (χ1n) is 6.37. The number of amides is 1. The Morgan fingerprint density at radius 1 is 1.15 bits per heavy atom. The summed E-state index contributed by atoms with van der Waals surface area (Å²) in [6.45, 7) is 3.97. The van der Waals surface area contributed by atoms with Crippen LogP contribution in [-0.4, -0.2) is 5.91 Å². The van der Waals surface area contributed by atoms with Gasteiger partial charge in [0.1, 0.15) is 5.82 Å². The number of nitrogens with one attached hydrogen (secondary N) is 1. The molecule has 0 fully saturated rings. The maximum absolute atomic E-state index is 13.3. The van der Waals surface area contributed by atoms with Gasteiger partial charge in [-0.25, -0.2) is 4.39 Å². The number of anilines is 1. The Balaban J connectivity index is 2.23. The molecule has 0 heterocycles. The number of carbonyl (C=O) groups is 1. The molecule has 3 N–H and O–H groups in total. The van der Waals surface area contributed by atoms with Crippen molar-refractivity contribution in [3.05, 3.63) is 64.5 Å². The number of carbonyl (C=O) groups excluding carboxylic acids is 1. The van der Waals surface area contributed by atoms with Gasteiger partial charge in [-0.3, -0.25) is 4.79 Å². The van der Waals surface area contributed by atoms with E-state index in [-0.39, 0.29) is 18.3 Å². The van der Waals surface area contributed by atoms with E-state index < -0.39 is 0 Å². The van der Waals surface area contributed by atoms with E-state index in [1.807, 2.05) is 32.0 Å². The second-order valence-corrected chi connectivity index (χ2v) is 4.84. The Hall–Kier alpha value is -2.20. The summed E-state index contributed by atoms with van der Waals surface area (Å²) in [5.41, 5.74) is 9.00. The highest BCUT2D eigenvalue weighted by Gasteiger charge is 2.09. The van der Waals surface area contributed by atoms with Gasteiger partial charge >= 0.3 is 0 Å². The van der Waals surface area contributed by atoms with Crippen LogP contribution in [0.15, 0.2) is 36.4 Å². The van der Waals surface area contributed by atoms with Crippen molar-refractivity contribution in [1.29, 1.82) is 0 Å². The number of hydrogen-bond donors (Lipinski definition) is 2. The molecule has 0 saturated carbocycles. The molecule has 0 aliphatic heterocycles. The summed E-state index contributed by atoms with van der Waals surface area (Å²) in [4.78, 5) is 12.2. The zero-order chi connectivity index (χ0) is 14.7. The highest BCUT2D eigenvalue weighted by molar-refractivity contribution is 6.04. The molecule has 3 nitrogen and oxygen atoms in total. The van der Waals surface area contributed by atoms with Gasteiger partial charge in [-0.05, 0) is 44.2 Å². The Bertz CT molecular complexity index is 633. The van der Waals surface area contributed by atoms with Crippen LogP contribution in [0, 0.1) is 19.7 Å². The predicted molar refractivity (Wildman–Crippen MR) is 78.2 cm³/mol. The first-order valence-corrected chi connectivity index (χ1v) is 6.37. The fraction of sp³-hybridized carbons (Fsp3) is 0.188. The van der Waals surface area contributed by atoms with Gasteiger partial charge in [0.05, 0.1) is 0 Å². The number of nitrogens with two attached hydrogens (primary N) is 1. The number of halogens is 1. The third-order valence-corrected chi connectivity index (χ3v) is 3.01. The summed E-state index contributed by atoms with van der Waals surface area (Å²) in [5.74, 6) is -0.580. The molecule has 0 radical (unpaired) electrons.